The molecule has 1 aromatic rings. The van der Waals surface area contributed by atoms with Crippen LogP contribution in [0.4, 0.5) is 0 Å². The Labute approximate surface area is 97.9 Å². The Morgan fingerprint density at radius 3 is 2.47 bits per heavy atom. The predicted molar refractivity (Wildman–Crippen MR) is 62.6 cm³/mol. The van der Waals surface area contributed by atoms with Crippen molar-refractivity contribution in [3.63, 3.8) is 0 Å². The van der Waals surface area contributed by atoms with E-state index in [4.69, 9.17) is 27.2 Å². The highest BCUT2D eigenvalue weighted by Gasteiger charge is 2.23. The molecule has 0 aliphatic rings. The van der Waals surface area contributed by atoms with Gasteiger partial charge in [-0.2, -0.15) is 0 Å². The molecule has 1 unspecified atom stereocenters. The standard InChI is InChI=1S/C9H11Cl2O3P/c1-6(12)8-5-7(14-2)3-4-9(8)15(10,11)13/h3-6,12H,1-2H3. The second-order valence-corrected chi connectivity index (χ2v) is 7.84. The maximum atomic E-state index is 11.5. The quantitative estimate of drug-likeness (QED) is 0.858. The molecule has 0 heterocycles. The Hall–Kier alpha value is -0.210. The Morgan fingerprint density at radius 2 is 2.07 bits per heavy atom. The van der Waals surface area contributed by atoms with Crippen molar-refractivity contribution in [2.75, 3.05) is 7.11 Å². The normalized spacial score (nSPS) is 13.7. The summed E-state index contributed by atoms with van der Waals surface area (Å²) in [5, 5.41) is 9.75. The lowest BCUT2D eigenvalue weighted by molar-refractivity contribution is 0.200. The van der Waals surface area contributed by atoms with Gasteiger partial charge in [0.05, 0.1) is 13.2 Å². The summed E-state index contributed by atoms with van der Waals surface area (Å²) in [6, 6.07) is 4.66. The summed E-state index contributed by atoms with van der Waals surface area (Å²) in [6.07, 6.45) is -0.805. The van der Waals surface area contributed by atoms with E-state index < -0.39 is 12.0 Å². The second-order valence-electron chi connectivity index (χ2n) is 3.06. The number of aliphatic hydroxyl groups excluding tert-OH is 1. The van der Waals surface area contributed by atoms with E-state index in [1.165, 1.54) is 13.2 Å². The molecule has 15 heavy (non-hydrogen) atoms. The van der Waals surface area contributed by atoms with Crippen LogP contribution < -0.4 is 10.0 Å². The first-order valence-corrected chi connectivity index (χ1v) is 7.74. The average molecular weight is 269 g/mol. The van der Waals surface area contributed by atoms with Crippen LogP contribution in [-0.2, 0) is 4.57 Å². The fourth-order valence-electron chi connectivity index (χ4n) is 1.23. The van der Waals surface area contributed by atoms with Crippen LogP contribution in [0.5, 0.6) is 5.75 Å². The van der Waals surface area contributed by atoms with Gasteiger partial charge in [0.2, 0.25) is 0 Å². The van der Waals surface area contributed by atoms with E-state index in [1.54, 1.807) is 19.1 Å². The number of hydrogen-bond donors (Lipinski definition) is 1. The maximum Gasteiger partial charge on any atom is 0.282 e. The van der Waals surface area contributed by atoms with Gasteiger partial charge in [0.25, 0.3) is 5.85 Å². The smallest absolute Gasteiger partial charge is 0.282 e. The summed E-state index contributed by atoms with van der Waals surface area (Å²) in [7, 11) is 1.50. The Balaban J connectivity index is 3.34. The molecule has 0 amide bonds. The van der Waals surface area contributed by atoms with Crippen LogP contribution in [-0.4, -0.2) is 12.2 Å². The first-order chi connectivity index (χ1) is 6.86. The zero-order chi connectivity index (χ0) is 11.6. The lowest BCUT2D eigenvalue weighted by Crippen LogP contribution is -2.09. The fourth-order valence-corrected chi connectivity index (χ4v) is 2.95. The van der Waals surface area contributed by atoms with Crippen molar-refractivity contribution in [2.45, 2.75) is 13.0 Å². The molecule has 0 spiro atoms. The number of ether oxygens (including phenoxy) is 1. The van der Waals surface area contributed by atoms with Crippen LogP contribution in [0.15, 0.2) is 18.2 Å². The van der Waals surface area contributed by atoms with Crippen LogP contribution in [0.25, 0.3) is 0 Å². The molecule has 1 aromatic carbocycles. The van der Waals surface area contributed by atoms with Crippen molar-refractivity contribution >= 4 is 33.6 Å². The lowest BCUT2D eigenvalue weighted by atomic mass is 10.1. The van der Waals surface area contributed by atoms with Crippen molar-refractivity contribution in [3.05, 3.63) is 23.8 Å². The SMILES string of the molecule is COc1ccc(P(=O)(Cl)Cl)c(C(C)O)c1. The Morgan fingerprint density at radius 1 is 1.47 bits per heavy atom. The monoisotopic (exact) mass is 268 g/mol. The van der Waals surface area contributed by atoms with Gasteiger partial charge in [-0.25, -0.2) is 0 Å². The summed E-state index contributed by atoms with van der Waals surface area (Å²) in [6.45, 7) is 1.54. The van der Waals surface area contributed by atoms with Gasteiger partial charge in [-0.1, -0.05) is 0 Å². The van der Waals surface area contributed by atoms with E-state index in [9.17, 15) is 9.67 Å². The highest BCUT2D eigenvalue weighted by atomic mass is 35.9. The second kappa shape index (κ2) is 4.75. The molecule has 0 aromatic heterocycles. The zero-order valence-corrected chi connectivity index (χ0v) is 10.7. The number of hydrogen-bond acceptors (Lipinski definition) is 3. The molecule has 0 bridgehead atoms. The van der Waals surface area contributed by atoms with Crippen LogP contribution in [0.2, 0.25) is 0 Å². The number of methoxy groups -OCH3 is 1. The van der Waals surface area contributed by atoms with Crippen molar-refractivity contribution < 1.29 is 14.4 Å². The molecular weight excluding hydrogens is 258 g/mol. The molecule has 1 atom stereocenters. The average Bonchev–Trinajstić information content (AvgIpc) is 2.15. The number of halogens is 2. The van der Waals surface area contributed by atoms with Gasteiger partial charge in [0.1, 0.15) is 5.75 Å². The summed E-state index contributed by atoms with van der Waals surface area (Å²) >= 11 is 11.1. The van der Waals surface area contributed by atoms with Crippen LogP contribution in [0, 0.1) is 0 Å². The van der Waals surface area contributed by atoms with Gasteiger partial charge >= 0.3 is 0 Å². The number of aliphatic hydroxyl groups is 1. The molecule has 0 aliphatic carbocycles. The third kappa shape index (κ3) is 3.12. The van der Waals surface area contributed by atoms with Gasteiger partial charge in [-0.3, -0.25) is 4.57 Å². The van der Waals surface area contributed by atoms with E-state index in [0.29, 0.717) is 11.3 Å². The van der Waals surface area contributed by atoms with Crippen LogP contribution in [0.3, 0.4) is 0 Å². The highest BCUT2D eigenvalue weighted by molar-refractivity contribution is 8.13. The van der Waals surface area contributed by atoms with E-state index in [2.05, 4.69) is 0 Å². The van der Waals surface area contributed by atoms with Gasteiger partial charge in [-0.05, 0) is 53.2 Å². The van der Waals surface area contributed by atoms with E-state index in [1.807, 2.05) is 0 Å². The van der Waals surface area contributed by atoms with Gasteiger partial charge < -0.3 is 9.84 Å². The molecule has 84 valence electrons. The topological polar surface area (TPSA) is 46.5 Å². The molecule has 0 radical (unpaired) electrons. The van der Waals surface area contributed by atoms with E-state index in [-0.39, 0.29) is 5.30 Å². The molecule has 0 aliphatic heterocycles. The summed E-state index contributed by atoms with van der Waals surface area (Å²) in [5.41, 5.74) is 0.419. The van der Waals surface area contributed by atoms with E-state index >= 15 is 0 Å². The molecule has 6 heteroatoms. The molecular formula is C9H11Cl2O3P. The van der Waals surface area contributed by atoms with Crippen LogP contribution in [0.1, 0.15) is 18.6 Å². The first kappa shape index (κ1) is 12.9. The first-order valence-electron chi connectivity index (χ1n) is 4.22. The maximum absolute atomic E-state index is 11.5. The fraction of sp³-hybridized carbons (Fsp3) is 0.333. The number of benzene rings is 1. The molecule has 0 saturated heterocycles. The predicted octanol–water partition coefficient (Wildman–Crippen LogP) is 3.04. The summed E-state index contributed by atoms with van der Waals surface area (Å²) in [5.74, 6) is -2.86. The van der Waals surface area contributed by atoms with Crippen molar-refractivity contribution in [1.29, 1.82) is 0 Å². The zero-order valence-electron chi connectivity index (χ0n) is 8.28. The van der Waals surface area contributed by atoms with Crippen molar-refractivity contribution in [1.82, 2.24) is 0 Å². The third-order valence-electron chi connectivity index (χ3n) is 1.97. The van der Waals surface area contributed by atoms with Gasteiger partial charge in [0.15, 0.2) is 0 Å². The Bertz CT molecular complexity index is 400. The minimum absolute atomic E-state index is 0.252. The molecule has 3 nitrogen and oxygen atoms in total. The minimum Gasteiger partial charge on any atom is -0.497 e. The molecule has 0 saturated carbocycles. The highest BCUT2D eigenvalue weighted by Crippen LogP contribution is 2.56. The van der Waals surface area contributed by atoms with Gasteiger partial charge in [0, 0.05) is 5.30 Å². The molecule has 1 rings (SSSR count). The molecule has 0 fully saturated rings. The lowest BCUT2D eigenvalue weighted by Gasteiger charge is -2.13. The van der Waals surface area contributed by atoms with E-state index in [0.717, 1.165) is 0 Å². The van der Waals surface area contributed by atoms with Crippen molar-refractivity contribution in [2.24, 2.45) is 0 Å². The third-order valence-corrected chi connectivity index (χ3v) is 4.03. The van der Waals surface area contributed by atoms with Crippen molar-refractivity contribution in [3.8, 4) is 5.75 Å². The largest absolute Gasteiger partial charge is 0.497 e. The molecule has 1 N–H and O–H groups in total. The number of rotatable bonds is 3. The van der Waals surface area contributed by atoms with Crippen LogP contribution >= 0.6 is 28.3 Å². The summed E-state index contributed by atoms with van der Waals surface area (Å²) < 4.78 is 16.5. The minimum atomic E-state index is -3.41. The summed E-state index contributed by atoms with van der Waals surface area (Å²) in [4.78, 5) is 0. The Kier molecular flexibility index (Phi) is 4.07. The van der Waals surface area contributed by atoms with Gasteiger partial charge in [-0.15, -0.1) is 0 Å².